The first-order valence-corrected chi connectivity index (χ1v) is 7.57. The molecule has 1 heterocycles. The van der Waals surface area contributed by atoms with Crippen molar-refractivity contribution < 1.29 is 14.3 Å². The average Bonchev–Trinajstić information content (AvgIpc) is 3.07. The second-order valence-corrected chi connectivity index (χ2v) is 5.32. The van der Waals surface area contributed by atoms with E-state index >= 15 is 0 Å². The number of nitrogens with zero attached hydrogens (tertiary/aromatic N) is 1. The number of hydrogen-bond acceptors (Lipinski definition) is 3. The van der Waals surface area contributed by atoms with E-state index in [0.29, 0.717) is 6.42 Å². The van der Waals surface area contributed by atoms with Crippen LogP contribution in [0, 0.1) is 0 Å². The van der Waals surface area contributed by atoms with Crippen LogP contribution < -0.4 is 5.32 Å². The third-order valence-corrected chi connectivity index (χ3v) is 3.62. The molecule has 1 fully saturated rings. The molecule has 0 aromatic heterocycles. The van der Waals surface area contributed by atoms with Crippen LogP contribution in [0.15, 0.2) is 43.0 Å². The van der Waals surface area contributed by atoms with Gasteiger partial charge in [0.05, 0.1) is 0 Å². The van der Waals surface area contributed by atoms with Gasteiger partial charge in [-0.3, -0.25) is 4.79 Å². The zero-order valence-corrected chi connectivity index (χ0v) is 12.7. The van der Waals surface area contributed by atoms with Gasteiger partial charge in [-0.05, 0) is 24.8 Å². The summed E-state index contributed by atoms with van der Waals surface area (Å²) in [6, 6.07) is 8.83. The van der Waals surface area contributed by atoms with Gasteiger partial charge in [-0.1, -0.05) is 36.4 Å². The number of alkyl carbamates (subject to hydrolysis) is 1. The molecule has 1 aromatic carbocycles. The van der Waals surface area contributed by atoms with Gasteiger partial charge in [-0.25, -0.2) is 4.79 Å². The molecule has 2 amide bonds. The van der Waals surface area contributed by atoms with Gasteiger partial charge in [0.15, 0.2) is 0 Å². The molecular weight excluding hydrogens is 280 g/mol. The van der Waals surface area contributed by atoms with E-state index in [1.807, 2.05) is 30.3 Å². The van der Waals surface area contributed by atoms with Crippen LogP contribution in [0.4, 0.5) is 4.79 Å². The zero-order valence-electron chi connectivity index (χ0n) is 12.7. The molecule has 5 heteroatoms. The van der Waals surface area contributed by atoms with Crippen molar-refractivity contribution in [2.24, 2.45) is 0 Å². The highest BCUT2D eigenvalue weighted by Crippen LogP contribution is 2.11. The van der Waals surface area contributed by atoms with E-state index in [0.717, 1.165) is 31.5 Å². The van der Waals surface area contributed by atoms with Gasteiger partial charge in [0.25, 0.3) is 0 Å². The fraction of sp³-hybridized carbons (Fsp3) is 0.412. The lowest BCUT2D eigenvalue weighted by atomic mass is 10.2. The first-order valence-electron chi connectivity index (χ1n) is 7.57. The molecule has 1 saturated heterocycles. The molecule has 0 saturated carbocycles. The van der Waals surface area contributed by atoms with Crippen molar-refractivity contribution in [2.75, 3.05) is 13.1 Å². The van der Waals surface area contributed by atoms with Crippen molar-refractivity contribution in [3.8, 4) is 0 Å². The first kappa shape index (κ1) is 16.1. The lowest BCUT2D eigenvalue weighted by Gasteiger charge is -2.23. The molecule has 1 aliphatic rings. The third kappa shape index (κ3) is 4.62. The Morgan fingerprint density at radius 1 is 1.27 bits per heavy atom. The Bertz CT molecular complexity index is 510. The predicted octanol–water partition coefficient (Wildman–Crippen LogP) is 2.48. The maximum Gasteiger partial charge on any atom is 0.408 e. The predicted molar refractivity (Wildman–Crippen MR) is 84.2 cm³/mol. The van der Waals surface area contributed by atoms with E-state index < -0.39 is 12.1 Å². The quantitative estimate of drug-likeness (QED) is 0.821. The highest BCUT2D eigenvalue weighted by molar-refractivity contribution is 5.86. The summed E-state index contributed by atoms with van der Waals surface area (Å²) in [5, 5.41) is 2.64. The smallest absolute Gasteiger partial charge is 0.408 e. The van der Waals surface area contributed by atoms with Crippen molar-refractivity contribution in [3.05, 3.63) is 48.6 Å². The summed E-state index contributed by atoms with van der Waals surface area (Å²) in [4.78, 5) is 26.0. The van der Waals surface area contributed by atoms with Crippen LogP contribution in [0.25, 0.3) is 0 Å². The molecule has 1 N–H and O–H groups in total. The molecule has 1 aliphatic heterocycles. The Morgan fingerprint density at radius 3 is 2.59 bits per heavy atom. The van der Waals surface area contributed by atoms with Crippen LogP contribution in [0.2, 0.25) is 0 Å². The standard InChI is InChI=1S/C17H22N2O3/c1-2-8-15(16(20)19-11-6-7-12-19)18-17(21)22-13-14-9-4-3-5-10-14/h2-5,9-10,15H,1,6-8,11-13H2,(H,18,21)/t15-/m0/s1. The van der Waals surface area contributed by atoms with Crippen molar-refractivity contribution in [1.82, 2.24) is 10.2 Å². The summed E-state index contributed by atoms with van der Waals surface area (Å²) < 4.78 is 5.16. The van der Waals surface area contributed by atoms with E-state index in [9.17, 15) is 9.59 Å². The van der Waals surface area contributed by atoms with Gasteiger partial charge in [0.2, 0.25) is 5.91 Å². The molecule has 118 valence electrons. The maximum atomic E-state index is 12.4. The summed E-state index contributed by atoms with van der Waals surface area (Å²) in [6.45, 7) is 5.35. The number of benzene rings is 1. The number of amides is 2. The minimum atomic E-state index is -0.598. The third-order valence-electron chi connectivity index (χ3n) is 3.62. The average molecular weight is 302 g/mol. The van der Waals surface area contributed by atoms with Crippen LogP contribution in [0.5, 0.6) is 0 Å². The van der Waals surface area contributed by atoms with Crippen LogP contribution in [0.1, 0.15) is 24.8 Å². The summed E-state index contributed by atoms with van der Waals surface area (Å²) in [6.07, 6.45) is 3.49. The summed E-state index contributed by atoms with van der Waals surface area (Å²) in [7, 11) is 0. The molecule has 2 rings (SSSR count). The molecule has 0 radical (unpaired) electrons. The summed E-state index contributed by atoms with van der Waals surface area (Å²) in [5.74, 6) is -0.0611. The van der Waals surface area contributed by atoms with E-state index in [1.165, 1.54) is 0 Å². The van der Waals surface area contributed by atoms with Crippen molar-refractivity contribution in [2.45, 2.75) is 31.9 Å². The Balaban J connectivity index is 1.85. The van der Waals surface area contributed by atoms with Crippen molar-refractivity contribution in [3.63, 3.8) is 0 Å². The van der Waals surface area contributed by atoms with Crippen molar-refractivity contribution in [1.29, 1.82) is 0 Å². The number of carbonyl (C=O) groups excluding carboxylic acids is 2. The highest BCUT2D eigenvalue weighted by Gasteiger charge is 2.27. The maximum absolute atomic E-state index is 12.4. The van der Waals surface area contributed by atoms with Gasteiger partial charge < -0.3 is 15.0 Å². The first-order chi connectivity index (χ1) is 10.7. The van der Waals surface area contributed by atoms with E-state index in [-0.39, 0.29) is 12.5 Å². The number of ether oxygens (including phenoxy) is 1. The summed E-state index contributed by atoms with van der Waals surface area (Å²) in [5.41, 5.74) is 0.906. The van der Waals surface area contributed by atoms with E-state index in [2.05, 4.69) is 11.9 Å². The number of nitrogens with one attached hydrogen (secondary N) is 1. The molecule has 0 spiro atoms. The number of carbonyl (C=O) groups is 2. The minimum absolute atomic E-state index is 0.0611. The van der Waals surface area contributed by atoms with E-state index in [1.54, 1.807) is 11.0 Å². The molecule has 1 atom stereocenters. The normalized spacial score (nSPS) is 15.2. The van der Waals surface area contributed by atoms with Gasteiger partial charge in [-0.15, -0.1) is 6.58 Å². The largest absolute Gasteiger partial charge is 0.445 e. The van der Waals surface area contributed by atoms with Crippen LogP contribution in [0.3, 0.4) is 0 Å². The molecule has 5 nitrogen and oxygen atoms in total. The van der Waals surface area contributed by atoms with Crippen molar-refractivity contribution >= 4 is 12.0 Å². The number of hydrogen-bond donors (Lipinski definition) is 1. The van der Waals surface area contributed by atoms with Gasteiger partial charge in [0, 0.05) is 13.1 Å². The Labute approximate surface area is 130 Å². The molecule has 22 heavy (non-hydrogen) atoms. The molecule has 0 aliphatic carbocycles. The monoisotopic (exact) mass is 302 g/mol. The lowest BCUT2D eigenvalue weighted by molar-refractivity contribution is -0.132. The Hall–Kier alpha value is -2.30. The van der Waals surface area contributed by atoms with Crippen LogP contribution in [-0.2, 0) is 16.1 Å². The van der Waals surface area contributed by atoms with Crippen LogP contribution in [-0.4, -0.2) is 36.0 Å². The van der Waals surface area contributed by atoms with E-state index in [4.69, 9.17) is 4.74 Å². The Kier molecular flexibility index (Phi) is 6.01. The highest BCUT2D eigenvalue weighted by atomic mass is 16.5. The fourth-order valence-electron chi connectivity index (χ4n) is 2.45. The number of rotatable bonds is 6. The fourth-order valence-corrected chi connectivity index (χ4v) is 2.45. The molecule has 0 bridgehead atoms. The molecule has 0 unspecified atom stereocenters. The topological polar surface area (TPSA) is 58.6 Å². The lowest BCUT2D eigenvalue weighted by Crippen LogP contribution is -2.47. The van der Waals surface area contributed by atoms with Gasteiger partial charge >= 0.3 is 6.09 Å². The second-order valence-electron chi connectivity index (χ2n) is 5.32. The molecule has 1 aromatic rings. The Morgan fingerprint density at radius 2 is 1.95 bits per heavy atom. The van der Waals surface area contributed by atoms with Gasteiger partial charge in [-0.2, -0.15) is 0 Å². The number of likely N-dealkylation sites (tertiary alicyclic amines) is 1. The van der Waals surface area contributed by atoms with Gasteiger partial charge in [0.1, 0.15) is 12.6 Å². The molecular formula is C17H22N2O3. The SMILES string of the molecule is C=CC[C@H](NC(=O)OCc1ccccc1)C(=O)N1CCCC1. The van der Waals surface area contributed by atoms with Crippen LogP contribution >= 0.6 is 0 Å². The second kappa shape index (κ2) is 8.22. The zero-order chi connectivity index (χ0) is 15.8. The minimum Gasteiger partial charge on any atom is -0.445 e. The summed E-state index contributed by atoms with van der Waals surface area (Å²) >= 11 is 0.